The molecule has 0 aliphatic rings. The van der Waals surface area contributed by atoms with E-state index in [1.807, 2.05) is 27.7 Å². The molecule has 0 saturated carbocycles. The normalized spacial score (nSPS) is 13.7. The van der Waals surface area contributed by atoms with Crippen LogP contribution >= 0.6 is 0 Å². The lowest BCUT2D eigenvalue weighted by Crippen LogP contribution is -2.64. The maximum atomic E-state index is 14.1. The molecule has 2 aromatic rings. The van der Waals surface area contributed by atoms with Crippen LogP contribution in [0.3, 0.4) is 0 Å². The number of amides is 10. The summed E-state index contributed by atoms with van der Waals surface area (Å²) in [6.45, 7) is 22.1. The van der Waals surface area contributed by atoms with E-state index in [0.29, 0.717) is 37.1 Å². The Kier molecular flexibility index (Phi) is 27.4. The largest absolute Gasteiger partial charge is 0.497 e. The average molecular weight is 1080 g/mol. The number of benzene rings is 1. The molecule has 1 heterocycles. The molecule has 0 aliphatic heterocycles. The van der Waals surface area contributed by atoms with Crippen LogP contribution in [0.25, 0.3) is 5.69 Å². The van der Waals surface area contributed by atoms with Gasteiger partial charge in [0.05, 0.1) is 12.8 Å². The van der Waals surface area contributed by atoms with E-state index < -0.39 is 101 Å². The van der Waals surface area contributed by atoms with Gasteiger partial charge in [-0.25, -0.2) is 0 Å². The van der Waals surface area contributed by atoms with Gasteiger partial charge in [0.15, 0.2) is 0 Å². The van der Waals surface area contributed by atoms with Crippen LogP contribution in [0.4, 0.5) is 0 Å². The number of hydrogen-bond donors (Lipinski definition) is 10. The number of nitrogens with one attached hydrogen (secondary N) is 9. The molecule has 11 N–H and O–H groups in total. The van der Waals surface area contributed by atoms with Gasteiger partial charge < -0.3 is 58.3 Å². The lowest BCUT2D eigenvalue weighted by molar-refractivity contribution is -0.138. The molecule has 0 fully saturated rings. The molecule has 0 radical (unpaired) electrons. The molecular formula is C52H84N14O11. The van der Waals surface area contributed by atoms with Crippen LogP contribution in [0.15, 0.2) is 36.9 Å². The summed E-state index contributed by atoms with van der Waals surface area (Å²) >= 11 is 0. The van der Waals surface area contributed by atoms with E-state index in [-0.39, 0.29) is 68.3 Å². The zero-order valence-corrected chi connectivity index (χ0v) is 46.8. The Hall–Kier alpha value is -7.47. The minimum absolute atomic E-state index is 0.0252. The standard InChI is InChI=1S/C52H84N14O11/c1-14-40(68)54-25-17-15-19-37(57-48(73)41(31(6)7)56-33(10)67)46(71)60-39(28-30(4)5)47(72)62-52(11,12)51(76)61-42(32(8)9)49(74)58-36(45(70)59-38(43(53)69)27-29(2)3)20-16-18-26-55-50(75)44-63-65-66(64-44)34-21-23-35(77-13)24-22-34/h14,21-24,29-32,36-39,41-42H,1,15-20,25-28H2,2-13H3,(H2,53,69)(H,54,68)(H,55,75)(H,56,67)(H,57,73)(H,58,74)(H,59,70)(H,60,71)(H,61,76)(H,62,72). The van der Waals surface area contributed by atoms with Gasteiger partial charge in [-0.2, -0.15) is 0 Å². The highest BCUT2D eigenvalue weighted by atomic mass is 16.5. The Morgan fingerprint density at radius 3 is 1.60 bits per heavy atom. The molecule has 0 aliphatic carbocycles. The first-order valence-corrected chi connectivity index (χ1v) is 26.1. The first kappa shape index (κ1) is 65.6. The number of carbonyl (C=O) groups is 10. The molecule has 1 aromatic carbocycles. The third-order valence-corrected chi connectivity index (χ3v) is 12.0. The van der Waals surface area contributed by atoms with Gasteiger partial charge >= 0.3 is 0 Å². The van der Waals surface area contributed by atoms with Crippen molar-refractivity contribution in [2.45, 2.75) is 169 Å². The quantitative estimate of drug-likeness (QED) is 0.0342. The molecule has 6 unspecified atom stereocenters. The Morgan fingerprint density at radius 1 is 0.649 bits per heavy atom. The highest BCUT2D eigenvalue weighted by molar-refractivity contribution is 5.99. The predicted molar refractivity (Wildman–Crippen MR) is 286 cm³/mol. The fourth-order valence-electron chi connectivity index (χ4n) is 7.73. The Morgan fingerprint density at radius 2 is 1.13 bits per heavy atom. The second-order valence-electron chi connectivity index (χ2n) is 21.0. The first-order chi connectivity index (χ1) is 36.1. The van der Waals surface area contributed by atoms with Crippen LogP contribution in [0.5, 0.6) is 5.75 Å². The van der Waals surface area contributed by atoms with Crippen LogP contribution in [0.2, 0.25) is 0 Å². The number of ether oxygens (including phenoxy) is 1. The van der Waals surface area contributed by atoms with Crippen LogP contribution in [0, 0.1) is 23.7 Å². The summed E-state index contributed by atoms with van der Waals surface area (Å²) in [7, 11) is 1.53. The highest BCUT2D eigenvalue weighted by Gasteiger charge is 2.38. The number of nitrogens with zero attached hydrogens (tertiary/aromatic N) is 4. The summed E-state index contributed by atoms with van der Waals surface area (Å²) in [6, 6.07) is -0.0496. The fraction of sp³-hybridized carbons (Fsp3) is 0.635. The summed E-state index contributed by atoms with van der Waals surface area (Å²) < 4.78 is 5.17. The van der Waals surface area contributed by atoms with Gasteiger partial charge in [-0.1, -0.05) is 62.0 Å². The summed E-state index contributed by atoms with van der Waals surface area (Å²) in [5, 5.41) is 36.2. The summed E-state index contributed by atoms with van der Waals surface area (Å²) in [5.41, 5.74) is 4.50. The number of rotatable bonds is 34. The molecule has 1 aromatic heterocycles. The van der Waals surface area contributed by atoms with Gasteiger partial charge in [0.1, 0.15) is 47.5 Å². The van der Waals surface area contributed by atoms with Crippen LogP contribution in [-0.4, -0.2) is 141 Å². The SMILES string of the molecule is C=CC(=O)NCCCCC(NC(=O)C(NC(C)=O)C(C)C)C(=O)NC(CC(C)C)C(=O)NC(C)(C)C(=O)NC(C(=O)NC(CCCCNC(=O)c1nnn(-c2ccc(OC)cc2)n1)C(=O)NC(CC(C)C)C(N)=O)C(C)C. The van der Waals surface area contributed by atoms with Crippen molar-refractivity contribution in [3.05, 3.63) is 42.7 Å². The van der Waals surface area contributed by atoms with Crippen molar-refractivity contribution in [2.75, 3.05) is 20.2 Å². The number of hydrogen-bond acceptors (Lipinski definition) is 14. The Bertz CT molecular complexity index is 2330. The third kappa shape index (κ3) is 23.1. The molecule has 0 saturated heterocycles. The van der Waals surface area contributed by atoms with E-state index in [9.17, 15) is 47.9 Å². The zero-order chi connectivity index (χ0) is 58.2. The Balaban J connectivity index is 2.26. The maximum absolute atomic E-state index is 14.1. The molecule has 0 bridgehead atoms. The van der Waals surface area contributed by atoms with Gasteiger partial charge in [-0.05, 0) is 124 Å². The van der Waals surface area contributed by atoms with Crippen molar-refractivity contribution >= 4 is 59.1 Å². The van der Waals surface area contributed by atoms with E-state index in [4.69, 9.17) is 10.5 Å². The minimum Gasteiger partial charge on any atom is -0.497 e. The molecule has 0 spiro atoms. The Labute approximate surface area is 451 Å². The molecule has 428 valence electrons. The number of methoxy groups -OCH3 is 1. The summed E-state index contributed by atoms with van der Waals surface area (Å²) in [5.74, 6) is -7.05. The van der Waals surface area contributed by atoms with E-state index in [1.54, 1.807) is 52.0 Å². The molecule has 6 atom stereocenters. The van der Waals surface area contributed by atoms with Gasteiger partial charge in [0.25, 0.3) is 11.7 Å². The second kappa shape index (κ2) is 32.2. The molecule has 77 heavy (non-hydrogen) atoms. The van der Waals surface area contributed by atoms with Gasteiger partial charge in [0.2, 0.25) is 53.2 Å². The minimum atomic E-state index is -1.69. The molecule has 10 amide bonds. The van der Waals surface area contributed by atoms with Crippen LogP contribution in [0.1, 0.15) is 138 Å². The number of unbranched alkanes of at least 4 members (excludes halogenated alkanes) is 2. The zero-order valence-electron chi connectivity index (χ0n) is 46.8. The molecule has 2 rings (SSSR count). The smallest absolute Gasteiger partial charge is 0.292 e. The van der Waals surface area contributed by atoms with Gasteiger partial charge in [0, 0.05) is 20.0 Å². The average Bonchev–Trinajstić information content (AvgIpc) is 3.85. The number of aromatic nitrogens is 4. The van der Waals surface area contributed by atoms with E-state index in [1.165, 1.54) is 32.7 Å². The van der Waals surface area contributed by atoms with Gasteiger partial charge in [-0.15, -0.1) is 15.0 Å². The molecule has 25 heteroatoms. The van der Waals surface area contributed by atoms with Crippen molar-refractivity contribution < 1.29 is 52.7 Å². The lowest BCUT2D eigenvalue weighted by atomic mass is 9.97. The fourth-order valence-corrected chi connectivity index (χ4v) is 7.73. The van der Waals surface area contributed by atoms with Crippen LogP contribution in [-0.2, 0) is 43.2 Å². The lowest BCUT2D eigenvalue weighted by Gasteiger charge is -2.32. The second-order valence-corrected chi connectivity index (χ2v) is 21.0. The van der Waals surface area contributed by atoms with Crippen molar-refractivity contribution in [3.8, 4) is 11.4 Å². The van der Waals surface area contributed by atoms with Crippen molar-refractivity contribution in [1.29, 1.82) is 0 Å². The first-order valence-electron chi connectivity index (χ1n) is 26.1. The third-order valence-electron chi connectivity index (χ3n) is 12.0. The number of tetrazole rings is 1. The monoisotopic (exact) mass is 1080 g/mol. The van der Waals surface area contributed by atoms with Crippen molar-refractivity contribution in [3.63, 3.8) is 0 Å². The topological polar surface area (TPSA) is 358 Å². The number of nitrogens with two attached hydrogens (primary N) is 1. The number of carbonyl (C=O) groups excluding carboxylic acids is 10. The molecule has 25 nitrogen and oxygen atoms in total. The van der Waals surface area contributed by atoms with Crippen molar-refractivity contribution in [2.24, 2.45) is 29.4 Å². The van der Waals surface area contributed by atoms with E-state index in [0.717, 1.165) is 6.08 Å². The summed E-state index contributed by atoms with van der Waals surface area (Å²) in [4.78, 5) is 134. The summed E-state index contributed by atoms with van der Waals surface area (Å²) in [6.07, 6.45) is 3.07. The van der Waals surface area contributed by atoms with Crippen molar-refractivity contribution in [1.82, 2.24) is 68.1 Å². The van der Waals surface area contributed by atoms with Gasteiger partial charge in [-0.3, -0.25) is 47.9 Å². The van der Waals surface area contributed by atoms with E-state index >= 15 is 0 Å². The predicted octanol–water partition coefficient (Wildman–Crippen LogP) is 0.756. The van der Waals surface area contributed by atoms with Crippen LogP contribution < -0.4 is 58.3 Å². The highest BCUT2D eigenvalue weighted by Crippen LogP contribution is 2.16. The molecular weight excluding hydrogens is 997 g/mol. The van der Waals surface area contributed by atoms with E-state index in [2.05, 4.69) is 69.8 Å². The maximum Gasteiger partial charge on any atom is 0.292 e. The number of primary amides is 1.